The van der Waals surface area contributed by atoms with E-state index in [1.165, 1.54) is 0 Å². The summed E-state index contributed by atoms with van der Waals surface area (Å²) in [5.74, 6) is 0.736. The number of ether oxygens (including phenoxy) is 1. The Hall–Kier alpha value is -0.440. The monoisotopic (exact) mass is 219 g/mol. The molecule has 0 heterocycles. The fourth-order valence-electron chi connectivity index (χ4n) is 1.11. The summed E-state index contributed by atoms with van der Waals surface area (Å²) < 4.78 is 5.14. The Bertz CT molecular complexity index is 302. The van der Waals surface area contributed by atoms with E-state index in [2.05, 4.69) is 0 Å². The second-order valence-corrected chi connectivity index (χ2v) is 3.43. The molecule has 4 heteroatoms. The molecule has 0 bridgehead atoms. The van der Waals surface area contributed by atoms with Gasteiger partial charge in [-0.05, 0) is 24.6 Å². The zero-order valence-electron chi connectivity index (χ0n) is 7.31. The van der Waals surface area contributed by atoms with E-state index in [1.54, 1.807) is 19.2 Å². The Kier molecular flexibility index (Phi) is 3.85. The summed E-state index contributed by atoms with van der Waals surface area (Å²) in [5.41, 5.74) is 6.43. The summed E-state index contributed by atoms with van der Waals surface area (Å²) in [4.78, 5) is 0. The maximum atomic E-state index is 5.85. The number of methoxy groups -OCH3 is 1. The van der Waals surface area contributed by atoms with Crippen LogP contribution >= 0.6 is 23.2 Å². The summed E-state index contributed by atoms with van der Waals surface area (Å²) in [7, 11) is 1.60. The SMILES string of the molecule is COc1cc(Cl)c(Cl)cc1CCN. The molecule has 0 aromatic heterocycles. The van der Waals surface area contributed by atoms with E-state index in [0.29, 0.717) is 16.6 Å². The smallest absolute Gasteiger partial charge is 0.123 e. The van der Waals surface area contributed by atoms with E-state index >= 15 is 0 Å². The van der Waals surface area contributed by atoms with Crippen molar-refractivity contribution in [2.45, 2.75) is 6.42 Å². The molecule has 1 rings (SSSR count). The third-order valence-corrected chi connectivity index (χ3v) is 2.46. The zero-order chi connectivity index (χ0) is 9.84. The van der Waals surface area contributed by atoms with Crippen LogP contribution in [0, 0.1) is 0 Å². The van der Waals surface area contributed by atoms with E-state index in [1.807, 2.05) is 0 Å². The summed E-state index contributed by atoms with van der Waals surface area (Å²) in [6, 6.07) is 3.49. The van der Waals surface area contributed by atoms with Crippen molar-refractivity contribution in [3.8, 4) is 5.75 Å². The van der Waals surface area contributed by atoms with Crippen LogP contribution in [0.2, 0.25) is 10.0 Å². The van der Waals surface area contributed by atoms with Crippen LogP contribution in [0.3, 0.4) is 0 Å². The average molecular weight is 220 g/mol. The molecule has 0 aliphatic rings. The van der Waals surface area contributed by atoms with Crippen molar-refractivity contribution in [3.05, 3.63) is 27.7 Å². The quantitative estimate of drug-likeness (QED) is 0.849. The van der Waals surface area contributed by atoms with Gasteiger partial charge in [-0.15, -0.1) is 0 Å². The first-order chi connectivity index (χ1) is 6.19. The third-order valence-electron chi connectivity index (χ3n) is 1.74. The van der Waals surface area contributed by atoms with Gasteiger partial charge < -0.3 is 10.5 Å². The van der Waals surface area contributed by atoms with Gasteiger partial charge in [0.25, 0.3) is 0 Å². The Balaban J connectivity index is 3.09. The molecule has 0 amide bonds. The first-order valence-electron chi connectivity index (χ1n) is 3.91. The van der Waals surface area contributed by atoms with E-state index in [9.17, 15) is 0 Å². The molecule has 0 radical (unpaired) electrons. The molecule has 0 aliphatic carbocycles. The first kappa shape index (κ1) is 10.6. The highest BCUT2D eigenvalue weighted by atomic mass is 35.5. The lowest BCUT2D eigenvalue weighted by Gasteiger charge is -2.08. The lowest BCUT2D eigenvalue weighted by atomic mass is 10.1. The maximum Gasteiger partial charge on any atom is 0.123 e. The van der Waals surface area contributed by atoms with Crippen molar-refractivity contribution in [2.24, 2.45) is 5.73 Å². The topological polar surface area (TPSA) is 35.2 Å². The van der Waals surface area contributed by atoms with E-state index in [0.717, 1.165) is 17.7 Å². The minimum absolute atomic E-state index is 0.499. The van der Waals surface area contributed by atoms with Crippen LogP contribution in [-0.2, 0) is 6.42 Å². The summed E-state index contributed by atoms with van der Waals surface area (Å²) in [6.45, 7) is 0.564. The average Bonchev–Trinajstić information content (AvgIpc) is 2.11. The molecule has 0 saturated heterocycles. The first-order valence-corrected chi connectivity index (χ1v) is 4.66. The highest BCUT2D eigenvalue weighted by Crippen LogP contribution is 2.30. The highest BCUT2D eigenvalue weighted by molar-refractivity contribution is 6.42. The van der Waals surface area contributed by atoms with Gasteiger partial charge in [0.05, 0.1) is 17.2 Å². The highest BCUT2D eigenvalue weighted by Gasteiger charge is 2.06. The van der Waals surface area contributed by atoms with Gasteiger partial charge in [0, 0.05) is 6.07 Å². The van der Waals surface area contributed by atoms with E-state index < -0.39 is 0 Å². The van der Waals surface area contributed by atoms with Crippen LogP contribution in [0.1, 0.15) is 5.56 Å². The lowest BCUT2D eigenvalue weighted by Crippen LogP contribution is -2.04. The number of benzene rings is 1. The number of hydrogen-bond donors (Lipinski definition) is 1. The summed E-state index contributed by atoms with van der Waals surface area (Å²) >= 11 is 11.7. The molecule has 72 valence electrons. The third kappa shape index (κ3) is 2.50. The Morgan fingerprint density at radius 1 is 1.31 bits per heavy atom. The molecule has 2 N–H and O–H groups in total. The largest absolute Gasteiger partial charge is 0.496 e. The summed E-state index contributed by atoms with van der Waals surface area (Å²) in [6.07, 6.45) is 0.736. The molecular weight excluding hydrogens is 209 g/mol. The molecule has 0 atom stereocenters. The fraction of sp³-hybridized carbons (Fsp3) is 0.333. The van der Waals surface area contributed by atoms with Crippen LogP contribution in [0.5, 0.6) is 5.75 Å². The Labute approximate surface area is 87.6 Å². The van der Waals surface area contributed by atoms with Crippen LogP contribution in [-0.4, -0.2) is 13.7 Å². The van der Waals surface area contributed by atoms with E-state index in [4.69, 9.17) is 33.7 Å². The van der Waals surface area contributed by atoms with Crippen molar-refractivity contribution >= 4 is 23.2 Å². The van der Waals surface area contributed by atoms with Crippen molar-refractivity contribution in [2.75, 3.05) is 13.7 Å². The minimum atomic E-state index is 0.499. The predicted octanol–water partition coefficient (Wildman–Crippen LogP) is 2.50. The van der Waals surface area contributed by atoms with Gasteiger partial charge in [-0.3, -0.25) is 0 Å². The van der Waals surface area contributed by atoms with Gasteiger partial charge in [0.1, 0.15) is 5.75 Å². The maximum absolute atomic E-state index is 5.85. The molecule has 0 fully saturated rings. The van der Waals surface area contributed by atoms with Crippen molar-refractivity contribution < 1.29 is 4.74 Å². The van der Waals surface area contributed by atoms with Gasteiger partial charge in [-0.1, -0.05) is 23.2 Å². The number of rotatable bonds is 3. The van der Waals surface area contributed by atoms with Crippen LogP contribution < -0.4 is 10.5 Å². The number of nitrogens with two attached hydrogens (primary N) is 1. The number of hydrogen-bond acceptors (Lipinski definition) is 2. The Morgan fingerprint density at radius 3 is 2.46 bits per heavy atom. The van der Waals surface area contributed by atoms with Gasteiger partial charge in [-0.2, -0.15) is 0 Å². The molecule has 1 aromatic carbocycles. The standard InChI is InChI=1S/C9H11Cl2NO/c1-13-9-5-8(11)7(10)4-6(9)2-3-12/h4-5H,2-3,12H2,1H3. The van der Waals surface area contributed by atoms with Crippen LogP contribution in [0.25, 0.3) is 0 Å². The minimum Gasteiger partial charge on any atom is -0.496 e. The molecule has 0 spiro atoms. The van der Waals surface area contributed by atoms with Crippen LogP contribution in [0.15, 0.2) is 12.1 Å². The van der Waals surface area contributed by atoms with E-state index in [-0.39, 0.29) is 0 Å². The summed E-state index contributed by atoms with van der Waals surface area (Å²) in [5, 5.41) is 1.03. The number of halogens is 2. The molecule has 0 unspecified atom stereocenters. The Morgan fingerprint density at radius 2 is 1.92 bits per heavy atom. The van der Waals surface area contributed by atoms with Crippen molar-refractivity contribution in [1.82, 2.24) is 0 Å². The second kappa shape index (κ2) is 4.70. The van der Waals surface area contributed by atoms with Gasteiger partial charge >= 0.3 is 0 Å². The molecular formula is C9H11Cl2NO. The van der Waals surface area contributed by atoms with Crippen molar-refractivity contribution in [3.63, 3.8) is 0 Å². The zero-order valence-corrected chi connectivity index (χ0v) is 8.82. The van der Waals surface area contributed by atoms with Crippen molar-refractivity contribution in [1.29, 1.82) is 0 Å². The second-order valence-electron chi connectivity index (χ2n) is 2.62. The molecule has 2 nitrogen and oxygen atoms in total. The molecule has 0 aliphatic heterocycles. The molecule has 13 heavy (non-hydrogen) atoms. The molecule has 1 aromatic rings. The fourth-order valence-corrected chi connectivity index (χ4v) is 1.45. The van der Waals surface area contributed by atoms with Gasteiger partial charge in [-0.25, -0.2) is 0 Å². The van der Waals surface area contributed by atoms with Crippen LogP contribution in [0.4, 0.5) is 0 Å². The lowest BCUT2D eigenvalue weighted by molar-refractivity contribution is 0.410. The predicted molar refractivity (Wildman–Crippen MR) is 55.8 cm³/mol. The molecule has 0 saturated carbocycles. The van der Waals surface area contributed by atoms with Gasteiger partial charge in [0.15, 0.2) is 0 Å². The normalized spacial score (nSPS) is 10.2. The van der Waals surface area contributed by atoms with Gasteiger partial charge in [0.2, 0.25) is 0 Å².